The lowest BCUT2D eigenvalue weighted by Crippen LogP contribution is -2.02. The monoisotopic (exact) mass is 294 g/mol. The molecule has 0 N–H and O–H groups in total. The summed E-state index contributed by atoms with van der Waals surface area (Å²) in [6.07, 6.45) is 0. The van der Waals surface area contributed by atoms with Gasteiger partial charge < -0.3 is 9.15 Å². The lowest BCUT2D eigenvalue weighted by molar-refractivity contribution is 0.340. The van der Waals surface area contributed by atoms with Crippen molar-refractivity contribution in [2.75, 3.05) is 6.61 Å². The number of fused-ring (bicyclic) bond motifs is 1. The highest BCUT2D eigenvalue weighted by molar-refractivity contribution is 5.82. The van der Waals surface area contributed by atoms with Crippen LogP contribution in [-0.4, -0.2) is 6.61 Å². The van der Waals surface area contributed by atoms with E-state index in [4.69, 9.17) is 9.15 Å². The Balaban J connectivity index is 2.13. The quantitative estimate of drug-likeness (QED) is 0.715. The standard InChI is InChI=1S/C19H18O3/c1-4-21-15-7-5-14(6-8-15)18-11-17(20)16-10-12(2)9-13(3)19(16)22-18/h5-11H,4H2,1-3H3. The van der Waals surface area contributed by atoms with Crippen molar-refractivity contribution in [1.29, 1.82) is 0 Å². The molecule has 0 saturated carbocycles. The highest BCUT2D eigenvalue weighted by Gasteiger charge is 2.09. The minimum Gasteiger partial charge on any atom is -0.494 e. The Morgan fingerprint density at radius 3 is 2.45 bits per heavy atom. The predicted molar refractivity (Wildman–Crippen MR) is 88.6 cm³/mol. The highest BCUT2D eigenvalue weighted by atomic mass is 16.5. The molecular weight excluding hydrogens is 276 g/mol. The van der Waals surface area contributed by atoms with E-state index in [1.165, 1.54) is 0 Å². The first-order chi connectivity index (χ1) is 10.6. The lowest BCUT2D eigenvalue weighted by Gasteiger charge is -2.07. The van der Waals surface area contributed by atoms with Crippen LogP contribution in [0.4, 0.5) is 0 Å². The Hall–Kier alpha value is -2.55. The molecule has 0 spiro atoms. The van der Waals surface area contributed by atoms with Crippen LogP contribution in [0.2, 0.25) is 0 Å². The van der Waals surface area contributed by atoms with Crippen LogP contribution in [0.25, 0.3) is 22.3 Å². The van der Waals surface area contributed by atoms with Crippen molar-refractivity contribution in [3.63, 3.8) is 0 Å². The minimum absolute atomic E-state index is 0.0167. The van der Waals surface area contributed by atoms with Crippen LogP contribution < -0.4 is 10.2 Å². The fourth-order valence-corrected chi connectivity index (χ4v) is 2.63. The molecule has 22 heavy (non-hydrogen) atoms. The second-order valence-electron chi connectivity index (χ2n) is 5.39. The van der Waals surface area contributed by atoms with E-state index >= 15 is 0 Å². The molecule has 0 fully saturated rings. The number of hydrogen-bond donors (Lipinski definition) is 0. The highest BCUT2D eigenvalue weighted by Crippen LogP contribution is 2.26. The summed E-state index contributed by atoms with van der Waals surface area (Å²) < 4.78 is 11.4. The van der Waals surface area contributed by atoms with Gasteiger partial charge in [0.2, 0.25) is 0 Å². The smallest absolute Gasteiger partial charge is 0.193 e. The van der Waals surface area contributed by atoms with E-state index in [1.807, 2.05) is 57.2 Å². The fourth-order valence-electron chi connectivity index (χ4n) is 2.63. The summed E-state index contributed by atoms with van der Waals surface area (Å²) in [6.45, 7) is 6.51. The molecule has 0 saturated heterocycles. The molecule has 0 radical (unpaired) electrons. The van der Waals surface area contributed by atoms with Crippen molar-refractivity contribution >= 4 is 11.0 Å². The summed E-state index contributed by atoms with van der Waals surface area (Å²) in [7, 11) is 0. The fraction of sp³-hybridized carbons (Fsp3) is 0.211. The topological polar surface area (TPSA) is 39.4 Å². The first-order valence-electron chi connectivity index (χ1n) is 7.37. The molecule has 2 aromatic carbocycles. The van der Waals surface area contributed by atoms with Crippen molar-refractivity contribution in [3.05, 3.63) is 63.8 Å². The van der Waals surface area contributed by atoms with Gasteiger partial charge in [-0.15, -0.1) is 0 Å². The first kappa shape index (κ1) is 14.4. The second-order valence-corrected chi connectivity index (χ2v) is 5.39. The number of rotatable bonds is 3. The third kappa shape index (κ3) is 2.62. The molecule has 3 rings (SSSR count). The summed E-state index contributed by atoms with van der Waals surface area (Å²) in [5.41, 5.74) is 3.53. The van der Waals surface area contributed by atoms with Gasteiger partial charge in [0.1, 0.15) is 17.1 Å². The molecule has 0 bridgehead atoms. The van der Waals surface area contributed by atoms with Crippen molar-refractivity contribution in [1.82, 2.24) is 0 Å². The van der Waals surface area contributed by atoms with E-state index in [1.54, 1.807) is 6.07 Å². The number of hydrogen-bond acceptors (Lipinski definition) is 3. The zero-order chi connectivity index (χ0) is 15.7. The van der Waals surface area contributed by atoms with Crippen molar-refractivity contribution in [3.8, 4) is 17.1 Å². The van der Waals surface area contributed by atoms with Gasteiger partial charge in [-0.2, -0.15) is 0 Å². The van der Waals surface area contributed by atoms with Gasteiger partial charge in [0.25, 0.3) is 0 Å². The summed E-state index contributed by atoms with van der Waals surface area (Å²) in [6, 6.07) is 13.0. The van der Waals surface area contributed by atoms with Crippen LogP contribution in [0.5, 0.6) is 5.75 Å². The number of ether oxygens (including phenoxy) is 1. The molecule has 0 amide bonds. The summed E-state index contributed by atoms with van der Waals surface area (Å²) >= 11 is 0. The van der Waals surface area contributed by atoms with Crippen LogP contribution >= 0.6 is 0 Å². The molecule has 3 aromatic rings. The van der Waals surface area contributed by atoms with Crippen molar-refractivity contribution in [2.24, 2.45) is 0 Å². The van der Waals surface area contributed by atoms with Crippen LogP contribution in [0, 0.1) is 13.8 Å². The van der Waals surface area contributed by atoms with Gasteiger partial charge in [0, 0.05) is 11.6 Å². The van der Waals surface area contributed by atoms with E-state index in [-0.39, 0.29) is 5.43 Å². The normalized spacial score (nSPS) is 10.9. The van der Waals surface area contributed by atoms with Gasteiger partial charge in [0.05, 0.1) is 12.0 Å². The molecule has 1 heterocycles. The zero-order valence-corrected chi connectivity index (χ0v) is 13.0. The Kier molecular flexibility index (Phi) is 3.72. The molecular formula is C19H18O3. The molecule has 0 unspecified atom stereocenters. The third-order valence-electron chi connectivity index (χ3n) is 3.61. The largest absolute Gasteiger partial charge is 0.494 e. The first-order valence-corrected chi connectivity index (χ1v) is 7.37. The van der Waals surface area contributed by atoms with Gasteiger partial charge in [0.15, 0.2) is 5.43 Å². The Morgan fingerprint density at radius 2 is 1.77 bits per heavy atom. The molecule has 112 valence electrons. The third-order valence-corrected chi connectivity index (χ3v) is 3.61. The summed E-state index contributed by atoms with van der Waals surface area (Å²) in [4.78, 5) is 12.4. The SMILES string of the molecule is CCOc1ccc(-c2cc(=O)c3cc(C)cc(C)c3o2)cc1. The molecule has 0 atom stereocenters. The molecule has 0 aliphatic rings. The number of benzene rings is 2. The predicted octanol–water partition coefficient (Wildman–Crippen LogP) is 4.48. The lowest BCUT2D eigenvalue weighted by atomic mass is 10.1. The Morgan fingerprint density at radius 1 is 1.05 bits per heavy atom. The van der Waals surface area contributed by atoms with E-state index in [2.05, 4.69) is 0 Å². The molecule has 3 nitrogen and oxygen atoms in total. The maximum Gasteiger partial charge on any atom is 0.193 e. The summed E-state index contributed by atoms with van der Waals surface area (Å²) in [5, 5.41) is 0.632. The van der Waals surface area contributed by atoms with Crippen molar-refractivity contribution in [2.45, 2.75) is 20.8 Å². The van der Waals surface area contributed by atoms with Gasteiger partial charge in [-0.1, -0.05) is 6.07 Å². The van der Waals surface area contributed by atoms with E-state index in [0.717, 1.165) is 22.4 Å². The molecule has 1 aromatic heterocycles. The number of aryl methyl sites for hydroxylation is 2. The van der Waals surface area contributed by atoms with E-state index in [0.29, 0.717) is 23.3 Å². The Bertz CT molecular complexity index is 874. The van der Waals surface area contributed by atoms with E-state index < -0.39 is 0 Å². The second kappa shape index (κ2) is 5.68. The molecule has 0 aliphatic carbocycles. The van der Waals surface area contributed by atoms with Gasteiger partial charge >= 0.3 is 0 Å². The average Bonchev–Trinajstić information content (AvgIpc) is 2.49. The average molecular weight is 294 g/mol. The van der Waals surface area contributed by atoms with Gasteiger partial charge in [-0.25, -0.2) is 0 Å². The van der Waals surface area contributed by atoms with Gasteiger partial charge in [-0.3, -0.25) is 4.79 Å². The van der Waals surface area contributed by atoms with Crippen molar-refractivity contribution < 1.29 is 9.15 Å². The van der Waals surface area contributed by atoms with E-state index in [9.17, 15) is 4.79 Å². The Labute approximate surface area is 129 Å². The van der Waals surface area contributed by atoms with Gasteiger partial charge in [-0.05, 0) is 62.2 Å². The van der Waals surface area contributed by atoms with Crippen LogP contribution in [0.3, 0.4) is 0 Å². The maximum atomic E-state index is 12.4. The maximum absolute atomic E-state index is 12.4. The minimum atomic E-state index is -0.0167. The van der Waals surface area contributed by atoms with Crippen LogP contribution in [0.15, 0.2) is 51.7 Å². The zero-order valence-electron chi connectivity index (χ0n) is 13.0. The summed E-state index contributed by atoms with van der Waals surface area (Å²) in [5.74, 6) is 1.38. The van der Waals surface area contributed by atoms with Crippen LogP contribution in [-0.2, 0) is 0 Å². The van der Waals surface area contributed by atoms with Crippen LogP contribution in [0.1, 0.15) is 18.1 Å². The molecule has 3 heteroatoms. The molecule has 0 aliphatic heterocycles.